The lowest BCUT2D eigenvalue weighted by atomic mass is 10.1. The van der Waals surface area contributed by atoms with Gasteiger partial charge in [-0.2, -0.15) is 13.2 Å². The van der Waals surface area contributed by atoms with Crippen LogP contribution in [0.2, 0.25) is 0 Å². The number of benzene rings is 1. The standard InChI is InChI=1S/C14H19F3N2/c1-2-11(7-9-3-4-9)19-13-6-5-10(18)8-12(13)14(15,16)17/h5-6,8-9,11,19H,2-4,7,18H2,1H3. The van der Waals surface area contributed by atoms with Crippen LogP contribution < -0.4 is 11.1 Å². The fourth-order valence-electron chi connectivity index (χ4n) is 2.23. The summed E-state index contributed by atoms with van der Waals surface area (Å²) in [7, 11) is 0. The van der Waals surface area contributed by atoms with Gasteiger partial charge in [-0.25, -0.2) is 0 Å². The Kier molecular flexibility index (Phi) is 3.92. The summed E-state index contributed by atoms with van der Waals surface area (Å²) in [5.74, 6) is 0.681. The zero-order valence-corrected chi connectivity index (χ0v) is 10.9. The van der Waals surface area contributed by atoms with Crippen LogP contribution in [0.3, 0.4) is 0 Å². The van der Waals surface area contributed by atoms with Gasteiger partial charge in [-0.15, -0.1) is 0 Å². The van der Waals surface area contributed by atoms with Gasteiger partial charge in [0.05, 0.1) is 5.56 Å². The quantitative estimate of drug-likeness (QED) is 0.785. The molecule has 19 heavy (non-hydrogen) atoms. The first-order chi connectivity index (χ1) is 8.90. The van der Waals surface area contributed by atoms with E-state index in [0.29, 0.717) is 5.92 Å². The van der Waals surface area contributed by atoms with Crippen LogP contribution in [0.25, 0.3) is 0 Å². The number of halogens is 3. The Morgan fingerprint density at radius 2 is 2.05 bits per heavy atom. The Balaban J connectivity index is 2.17. The van der Waals surface area contributed by atoms with Crippen molar-refractivity contribution in [2.45, 2.75) is 44.8 Å². The van der Waals surface area contributed by atoms with Gasteiger partial charge < -0.3 is 11.1 Å². The summed E-state index contributed by atoms with van der Waals surface area (Å²) in [4.78, 5) is 0. The molecule has 0 bridgehead atoms. The Morgan fingerprint density at radius 3 is 2.58 bits per heavy atom. The summed E-state index contributed by atoms with van der Waals surface area (Å²) >= 11 is 0. The van der Waals surface area contributed by atoms with Crippen molar-refractivity contribution >= 4 is 11.4 Å². The minimum Gasteiger partial charge on any atom is -0.399 e. The number of alkyl halides is 3. The summed E-state index contributed by atoms with van der Waals surface area (Å²) in [5.41, 5.74) is 5.04. The molecule has 106 valence electrons. The monoisotopic (exact) mass is 272 g/mol. The molecular formula is C14H19F3N2. The van der Waals surface area contributed by atoms with Crippen molar-refractivity contribution in [2.24, 2.45) is 5.92 Å². The van der Waals surface area contributed by atoms with Crippen LogP contribution in [0.5, 0.6) is 0 Å². The Morgan fingerprint density at radius 1 is 1.37 bits per heavy atom. The number of hydrogen-bond donors (Lipinski definition) is 2. The fraction of sp³-hybridized carbons (Fsp3) is 0.571. The van der Waals surface area contributed by atoms with E-state index >= 15 is 0 Å². The second-order valence-electron chi connectivity index (χ2n) is 5.23. The molecule has 0 saturated heterocycles. The minimum atomic E-state index is -4.38. The molecule has 0 spiro atoms. The number of nitrogen functional groups attached to an aromatic ring is 1. The first kappa shape index (κ1) is 14.0. The Labute approximate surface area is 111 Å². The minimum absolute atomic E-state index is 0.0947. The molecule has 1 aliphatic carbocycles. The second kappa shape index (κ2) is 5.31. The van der Waals surface area contributed by atoms with Crippen molar-refractivity contribution in [3.8, 4) is 0 Å². The highest BCUT2D eigenvalue weighted by Crippen LogP contribution is 2.38. The molecule has 1 fully saturated rings. The van der Waals surface area contributed by atoms with E-state index in [1.165, 1.54) is 25.0 Å². The number of nitrogens with two attached hydrogens (primary N) is 1. The molecule has 0 radical (unpaired) electrons. The highest BCUT2D eigenvalue weighted by molar-refractivity contribution is 5.59. The lowest BCUT2D eigenvalue weighted by Gasteiger charge is -2.21. The molecule has 2 nitrogen and oxygen atoms in total. The molecular weight excluding hydrogens is 253 g/mol. The summed E-state index contributed by atoms with van der Waals surface area (Å²) in [6.45, 7) is 1.99. The number of hydrogen-bond acceptors (Lipinski definition) is 2. The summed E-state index contributed by atoms with van der Waals surface area (Å²) in [6.07, 6.45) is -0.218. The van der Waals surface area contributed by atoms with Crippen LogP contribution in [-0.4, -0.2) is 6.04 Å². The van der Waals surface area contributed by atoms with Gasteiger partial charge in [-0.1, -0.05) is 19.8 Å². The van der Waals surface area contributed by atoms with Crippen LogP contribution in [0.15, 0.2) is 18.2 Å². The SMILES string of the molecule is CCC(CC1CC1)Nc1ccc(N)cc1C(F)(F)F. The van der Waals surface area contributed by atoms with Crippen LogP contribution >= 0.6 is 0 Å². The van der Waals surface area contributed by atoms with Crippen molar-refractivity contribution in [3.05, 3.63) is 23.8 Å². The van der Waals surface area contributed by atoms with E-state index in [2.05, 4.69) is 5.32 Å². The van der Waals surface area contributed by atoms with Gasteiger partial charge in [-0.05, 0) is 37.0 Å². The molecule has 1 saturated carbocycles. The smallest absolute Gasteiger partial charge is 0.399 e. The van der Waals surface area contributed by atoms with E-state index in [1.807, 2.05) is 6.92 Å². The lowest BCUT2D eigenvalue weighted by Crippen LogP contribution is -2.21. The largest absolute Gasteiger partial charge is 0.418 e. The van der Waals surface area contributed by atoms with Crippen molar-refractivity contribution in [2.75, 3.05) is 11.1 Å². The summed E-state index contributed by atoms with van der Waals surface area (Å²) in [6, 6.07) is 4.01. The third-order valence-electron chi connectivity index (χ3n) is 3.52. The van der Waals surface area contributed by atoms with Crippen molar-refractivity contribution < 1.29 is 13.2 Å². The third-order valence-corrected chi connectivity index (χ3v) is 3.52. The first-order valence-corrected chi connectivity index (χ1v) is 6.63. The highest BCUT2D eigenvalue weighted by atomic mass is 19.4. The van der Waals surface area contributed by atoms with E-state index in [-0.39, 0.29) is 17.4 Å². The molecule has 1 aromatic carbocycles. The Hall–Kier alpha value is -1.39. The lowest BCUT2D eigenvalue weighted by molar-refractivity contribution is -0.136. The molecule has 1 unspecified atom stereocenters. The normalized spacial score (nSPS) is 17.3. The van der Waals surface area contributed by atoms with Gasteiger partial charge in [0.1, 0.15) is 0 Å². The van der Waals surface area contributed by atoms with E-state index in [9.17, 15) is 13.2 Å². The van der Waals surface area contributed by atoms with Crippen molar-refractivity contribution in [1.29, 1.82) is 0 Å². The van der Waals surface area contributed by atoms with E-state index in [4.69, 9.17) is 5.73 Å². The van der Waals surface area contributed by atoms with Gasteiger partial charge in [0, 0.05) is 17.4 Å². The topological polar surface area (TPSA) is 38.0 Å². The molecule has 0 aliphatic heterocycles. The van der Waals surface area contributed by atoms with Crippen LogP contribution in [0.4, 0.5) is 24.5 Å². The maximum atomic E-state index is 13.0. The molecule has 1 atom stereocenters. The van der Waals surface area contributed by atoms with E-state index in [0.717, 1.165) is 18.9 Å². The van der Waals surface area contributed by atoms with Gasteiger partial charge in [0.15, 0.2) is 0 Å². The van der Waals surface area contributed by atoms with Gasteiger partial charge in [0.25, 0.3) is 0 Å². The Bertz CT molecular complexity index is 439. The van der Waals surface area contributed by atoms with E-state index < -0.39 is 11.7 Å². The van der Waals surface area contributed by atoms with Crippen LogP contribution in [0, 0.1) is 5.92 Å². The maximum absolute atomic E-state index is 13.0. The van der Waals surface area contributed by atoms with Crippen LogP contribution in [-0.2, 0) is 6.18 Å². The average Bonchev–Trinajstić information content (AvgIpc) is 3.13. The summed E-state index contributed by atoms with van der Waals surface area (Å²) < 4.78 is 38.9. The molecule has 5 heteroatoms. The predicted molar refractivity (Wildman–Crippen MR) is 70.9 cm³/mol. The predicted octanol–water partition coefficient (Wildman–Crippen LogP) is 4.28. The number of rotatable bonds is 5. The summed E-state index contributed by atoms with van der Waals surface area (Å²) in [5, 5.41) is 3.03. The molecule has 0 amide bonds. The molecule has 0 heterocycles. The third kappa shape index (κ3) is 3.78. The molecule has 1 aromatic rings. The number of anilines is 2. The fourth-order valence-corrected chi connectivity index (χ4v) is 2.23. The van der Waals surface area contributed by atoms with Gasteiger partial charge >= 0.3 is 6.18 Å². The zero-order chi connectivity index (χ0) is 14.0. The molecule has 3 N–H and O–H groups in total. The molecule has 1 aliphatic rings. The second-order valence-corrected chi connectivity index (χ2v) is 5.23. The van der Waals surface area contributed by atoms with Crippen molar-refractivity contribution in [3.63, 3.8) is 0 Å². The first-order valence-electron chi connectivity index (χ1n) is 6.63. The molecule has 2 rings (SSSR count). The maximum Gasteiger partial charge on any atom is 0.418 e. The van der Waals surface area contributed by atoms with Crippen LogP contribution in [0.1, 0.15) is 38.2 Å². The number of nitrogens with one attached hydrogen (secondary N) is 1. The van der Waals surface area contributed by atoms with Gasteiger partial charge in [-0.3, -0.25) is 0 Å². The average molecular weight is 272 g/mol. The van der Waals surface area contributed by atoms with E-state index in [1.54, 1.807) is 0 Å². The molecule has 0 aromatic heterocycles. The zero-order valence-electron chi connectivity index (χ0n) is 10.9. The highest BCUT2D eigenvalue weighted by Gasteiger charge is 2.34. The van der Waals surface area contributed by atoms with Gasteiger partial charge in [0.2, 0.25) is 0 Å². The van der Waals surface area contributed by atoms with Crippen molar-refractivity contribution in [1.82, 2.24) is 0 Å².